The molecule has 1 heterocycles. The van der Waals surface area contributed by atoms with Crippen molar-refractivity contribution in [1.29, 1.82) is 0 Å². The summed E-state index contributed by atoms with van der Waals surface area (Å²) >= 11 is 0.970. The Morgan fingerprint density at radius 3 is 2.52 bits per heavy atom. The number of carbonyl (C=O) groups excluding carboxylic acids is 1. The molecule has 0 bridgehead atoms. The van der Waals surface area contributed by atoms with Crippen molar-refractivity contribution < 1.29 is 18.0 Å². The van der Waals surface area contributed by atoms with Crippen molar-refractivity contribution in [3.05, 3.63) is 70.1 Å². The lowest BCUT2D eigenvalue weighted by Gasteiger charge is -2.09. The van der Waals surface area contributed by atoms with Crippen LogP contribution in [0.15, 0.2) is 48.5 Å². The molecule has 25 heavy (non-hydrogen) atoms. The average Bonchev–Trinajstić information content (AvgIpc) is 2.96. The first-order chi connectivity index (χ1) is 11.8. The molecule has 0 radical (unpaired) electrons. The Bertz CT molecular complexity index is 947. The van der Waals surface area contributed by atoms with E-state index < -0.39 is 11.7 Å². The third-order valence-corrected chi connectivity index (χ3v) is 4.59. The molecule has 3 rings (SSSR count). The fourth-order valence-corrected chi connectivity index (χ4v) is 3.29. The molecule has 0 amide bonds. The van der Waals surface area contributed by atoms with Gasteiger partial charge in [-0.05, 0) is 24.6 Å². The van der Waals surface area contributed by atoms with Crippen LogP contribution >= 0.6 is 11.3 Å². The van der Waals surface area contributed by atoms with E-state index in [2.05, 4.69) is 4.98 Å². The number of nitrogens with two attached hydrogens (primary N) is 1. The normalized spacial score (nSPS) is 11.5. The van der Waals surface area contributed by atoms with Gasteiger partial charge in [-0.3, -0.25) is 4.79 Å². The molecule has 2 N–H and O–H groups in total. The number of rotatable bonds is 3. The van der Waals surface area contributed by atoms with E-state index in [4.69, 9.17) is 5.73 Å². The lowest BCUT2D eigenvalue weighted by Crippen LogP contribution is -2.06. The SMILES string of the molecule is Cc1ccccc1C(=O)c1sc(N)nc1-c1cccc(C(F)(F)F)c1. The summed E-state index contributed by atoms with van der Waals surface area (Å²) in [6.45, 7) is 1.79. The number of alkyl halides is 3. The van der Waals surface area contributed by atoms with E-state index in [0.717, 1.165) is 29.0 Å². The summed E-state index contributed by atoms with van der Waals surface area (Å²) in [6, 6.07) is 11.7. The molecule has 0 saturated heterocycles. The quantitative estimate of drug-likeness (QED) is 0.671. The predicted molar refractivity (Wildman–Crippen MR) is 91.6 cm³/mol. The maximum Gasteiger partial charge on any atom is 0.416 e. The van der Waals surface area contributed by atoms with Crippen molar-refractivity contribution in [3.8, 4) is 11.3 Å². The van der Waals surface area contributed by atoms with Gasteiger partial charge in [-0.1, -0.05) is 47.7 Å². The largest absolute Gasteiger partial charge is 0.416 e. The number of thiazole rings is 1. The lowest BCUT2D eigenvalue weighted by atomic mass is 10.0. The molecule has 0 fully saturated rings. The Kier molecular flexibility index (Phi) is 4.34. The van der Waals surface area contributed by atoms with Crippen molar-refractivity contribution in [2.24, 2.45) is 0 Å². The number of halogens is 3. The van der Waals surface area contributed by atoms with Crippen LogP contribution in [0.25, 0.3) is 11.3 Å². The van der Waals surface area contributed by atoms with Gasteiger partial charge in [-0.2, -0.15) is 13.2 Å². The minimum atomic E-state index is -4.47. The van der Waals surface area contributed by atoms with Crippen LogP contribution in [0.3, 0.4) is 0 Å². The van der Waals surface area contributed by atoms with Gasteiger partial charge in [0.2, 0.25) is 5.78 Å². The van der Waals surface area contributed by atoms with E-state index in [1.807, 2.05) is 0 Å². The highest BCUT2D eigenvalue weighted by Crippen LogP contribution is 2.36. The van der Waals surface area contributed by atoms with Gasteiger partial charge in [0.25, 0.3) is 0 Å². The van der Waals surface area contributed by atoms with E-state index in [1.54, 1.807) is 31.2 Å². The van der Waals surface area contributed by atoms with E-state index in [9.17, 15) is 18.0 Å². The molecule has 7 heteroatoms. The monoisotopic (exact) mass is 362 g/mol. The molecule has 0 unspecified atom stereocenters. The average molecular weight is 362 g/mol. The summed E-state index contributed by atoms with van der Waals surface area (Å²) in [7, 11) is 0. The van der Waals surface area contributed by atoms with E-state index in [1.165, 1.54) is 12.1 Å². The van der Waals surface area contributed by atoms with Crippen LogP contribution in [0.5, 0.6) is 0 Å². The molecule has 3 nitrogen and oxygen atoms in total. The molecule has 3 aromatic rings. The molecule has 2 aromatic carbocycles. The van der Waals surface area contributed by atoms with Crippen LogP contribution in [0, 0.1) is 6.92 Å². The van der Waals surface area contributed by atoms with Crippen LogP contribution in [0.2, 0.25) is 0 Å². The molecule has 0 aliphatic carbocycles. The molecular formula is C18H13F3N2OS. The number of aryl methyl sites for hydroxylation is 1. The van der Waals surface area contributed by atoms with Crippen LogP contribution in [0.4, 0.5) is 18.3 Å². The van der Waals surface area contributed by atoms with Gasteiger partial charge in [-0.15, -0.1) is 0 Å². The molecular weight excluding hydrogens is 349 g/mol. The minimum Gasteiger partial charge on any atom is -0.375 e. The van der Waals surface area contributed by atoms with Gasteiger partial charge in [-0.25, -0.2) is 4.98 Å². The number of anilines is 1. The van der Waals surface area contributed by atoms with Crippen molar-refractivity contribution in [1.82, 2.24) is 4.98 Å². The molecule has 0 spiro atoms. The second-order valence-electron chi connectivity index (χ2n) is 5.45. The fourth-order valence-electron chi connectivity index (χ4n) is 2.48. The van der Waals surface area contributed by atoms with Crippen LogP contribution < -0.4 is 5.73 Å². The molecule has 0 atom stereocenters. The van der Waals surface area contributed by atoms with E-state index in [-0.39, 0.29) is 27.0 Å². The first-order valence-corrected chi connectivity index (χ1v) is 8.13. The van der Waals surface area contributed by atoms with Crippen molar-refractivity contribution >= 4 is 22.3 Å². The van der Waals surface area contributed by atoms with Crippen LogP contribution in [0.1, 0.15) is 26.4 Å². The second-order valence-corrected chi connectivity index (χ2v) is 6.48. The maximum atomic E-state index is 13.0. The highest BCUT2D eigenvalue weighted by atomic mass is 32.1. The summed E-state index contributed by atoms with van der Waals surface area (Å²) in [4.78, 5) is 17.2. The van der Waals surface area contributed by atoms with Crippen LogP contribution in [-0.4, -0.2) is 10.8 Å². The van der Waals surface area contributed by atoms with Gasteiger partial charge >= 0.3 is 6.18 Å². The zero-order valence-corrected chi connectivity index (χ0v) is 13.9. The number of carbonyl (C=O) groups is 1. The van der Waals surface area contributed by atoms with Crippen LogP contribution in [-0.2, 0) is 6.18 Å². The van der Waals surface area contributed by atoms with Gasteiger partial charge in [0.1, 0.15) is 4.88 Å². The Labute approximate surface area is 145 Å². The zero-order valence-electron chi connectivity index (χ0n) is 13.1. The molecule has 128 valence electrons. The van der Waals surface area contributed by atoms with Crippen molar-refractivity contribution in [3.63, 3.8) is 0 Å². The molecule has 0 aliphatic rings. The van der Waals surface area contributed by atoms with E-state index >= 15 is 0 Å². The smallest absolute Gasteiger partial charge is 0.375 e. The number of nitrogen functional groups attached to an aromatic ring is 1. The van der Waals surface area contributed by atoms with Gasteiger partial charge in [0.05, 0.1) is 11.3 Å². The number of aromatic nitrogens is 1. The lowest BCUT2D eigenvalue weighted by molar-refractivity contribution is -0.137. The highest BCUT2D eigenvalue weighted by molar-refractivity contribution is 7.18. The summed E-state index contributed by atoms with van der Waals surface area (Å²) in [5.41, 5.74) is 6.55. The Hall–Kier alpha value is -2.67. The number of hydrogen-bond acceptors (Lipinski definition) is 4. The minimum absolute atomic E-state index is 0.129. The number of hydrogen-bond donors (Lipinski definition) is 1. The molecule has 0 saturated carbocycles. The zero-order chi connectivity index (χ0) is 18.2. The third-order valence-electron chi connectivity index (χ3n) is 3.70. The van der Waals surface area contributed by atoms with Crippen molar-refractivity contribution in [2.45, 2.75) is 13.1 Å². The number of benzene rings is 2. The van der Waals surface area contributed by atoms with Crippen molar-refractivity contribution in [2.75, 3.05) is 5.73 Å². The first kappa shape index (κ1) is 17.2. The summed E-state index contributed by atoms with van der Waals surface area (Å²) in [5.74, 6) is -0.306. The fraction of sp³-hybridized carbons (Fsp3) is 0.111. The molecule has 1 aromatic heterocycles. The Morgan fingerprint density at radius 2 is 1.84 bits per heavy atom. The molecule has 0 aliphatic heterocycles. The summed E-state index contributed by atoms with van der Waals surface area (Å²) < 4.78 is 38.9. The second kappa shape index (κ2) is 6.33. The van der Waals surface area contributed by atoms with E-state index in [0.29, 0.717) is 5.56 Å². The number of nitrogens with zero attached hydrogens (tertiary/aromatic N) is 1. The van der Waals surface area contributed by atoms with Gasteiger partial charge in [0.15, 0.2) is 5.13 Å². The summed E-state index contributed by atoms with van der Waals surface area (Å²) in [5, 5.41) is 0.129. The van der Waals surface area contributed by atoms with Gasteiger partial charge in [0, 0.05) is 11.1 Å². The van der Waals surface area contributed by atoms with Gasteiger partial charge < -0.3 is 5.73 Å². The Morgan fingerprint density at radius 1 is 1.12 bits per heavy atom. The topological polar surface area (TPSA) is 56.0 Å². The first-order valence-electron chi connectivity index (χ1n) is 7.31. The highest BCUT2D eigenvalue weighted by Gasteiger charge is 2.31. The Balaban J connectivity index is 2.12. The maximum absolute atomic E-state index is 13.0. The third kappa shape index (κ3) is 3.41. The predicted octanol–water partition coefficient (Wildman–Crippen LogP) is 4.95. The standard InChI is InChI=1S/C18H13F3N2OS/c1-10-5-2-3-8-13(10)15(24)16-14(23-17(22)25-16)11-6-4-7-12(9-11)18(19,20)21/h2-9H,1H3,(H2,22,23). The number of ketones is 1. The summed E-state index contributed by atoms with van der Waals surface area (Å²) in [6.07, 6.45) is -4.47.